The molecule has 1 saturated heterocycles. The van der Waals surface area contributed by atoms with Gasteiger partial charge >= 0.3 is 0 Å². The highest BCUT2D eigenvalue weighted by molar-refractivity contribution is 7.20. The SMILES string of the molecule is O=C(NCCN1CCCCCC1)c1cc2cn(C3CC3)cc2s1. The predicted octanol–water partition coefficient (Wildman–Crippen LogP) is 3.64. The van der Waals surface area contributed by atoms with Crippen LogP contribution in [0.4, 0.5) is 0 Å². The number of rotatable bonds is 5. The maximum absolute atomic E-state index is 12.3. The van der Waals surface area contributed by atoms with Crippen LogP contribution in [0.25, 0.3) is 10.1 Å². The van der Waals surface area contributed by atoms with Crippen molar-refractivity contribution in [3.63, 3.8) is 0 Å². The monoisotopic (exact) mass is 331 g/mol. The Balaban J connectivity index is 1.30. The fourth-order valence-corrected chi connectivity index (χ4v) is 4.42. The second kappa shape index (κ2) is 6.65. The summed E-state index contributed by atoms with van der Waals surface area (Å²) in [5, 5.41) is 4.30. The summed E-state index contributed by atoms with van der Waals surface area (Å²) in [7, 11) is 0. The molecule has 3 heterocycles. The minimum absolute atomic E-state index is 0.0824. The van der Waals surface area contributed by atoms with Crippen molar-refractivity contribution in [1.82, 2.24) is 14.8 Å². The lowest BCUT2D eigenvalue weighted by Gasteiger charge is -2.19. The number of likely N-dealkylation sites (tertiary alicyclic amines) is 1. The maximum atomic E-state index is 12.3. The van der Waals surface area contributed by atoms with Crippen LogP contribution in [-0.2, 0) is 0 Å². The first-order valence-electron chi connectivity index (χ1n) is 8.91. The average Bonchev–Trinajstić information content (AvgIpc) is 3.26. The summed E-state index contributed by atoms with van der Waals surface area (Å²) in [6.45, 7) is 4.10. The normalized spacial score (nSPS) is 19.8. The van der Waals surface area contributed by atoms with E-state index in [4.69, 9.17) is 0 Å². The zero-order valence-corrected chi connectivity index (χ0v) is 14.4. The van der Waals surface area contributed by atoms with Gasteiger partial charge in [-0.15, -0.1) is 11.3 Å². The molecule has 0 radical (unpaired) electrons. The van der Waals surface area contributed by atoms with Crippen LogP contribution in [-0.4, -0.2) is 41.6 Å². The molecule has 2 aromatic heterocycles. The summed E-state index contributed by atoms with van der Waals surface area (Å²) >= 11 is 1.61. The van der Waals surface area contributed by atoms with Gasteiger partial charge in [0.05, 0.1) is 9.58 Å². The number of fused-ring (bicyclic) bond motifs is 1. The molecular formula is C18H25N3OS. The molecule has 124 valence electrons. The number of carbonyl (C=O) groups is 1. The zero-order valence-electron chi connectivity index (χ0n) is 13.6. The topological polar surface area (TPSA) is 37.3 Å². The molecule has 0 unspecified atom stereocenters. The highest BCUT2D eigenvalue weighted by Gasteiger charge is 2.24. The lowest BCUT2D eigenvalue weighted by atomic mass is 10.2. The Morgan fingerprint density at radius 3 is 2.65 bits per heavy atom. The summed E-state index contributed by atoms with van der Waals surface area (Å²) in [6.07, 6.45) is 12.3. The van der Waals surface area contributed by atoms with Crippen LogP contribution >= 0.6 is 11.3 Å². The van der Waals surface area contributed by atoms with Crippen LogP contribution < -0.4 is 5.32 Å². The summed E-state index contributed by atoms with van der Waals surface area (Å²) in [6, 6.07) is 2.75. The third kappa shape index (κ3) is 3.61. The van der Waals surface area contributed by atoms with E-state index in [-0.39, 0.29) is 5.91 Å². The van der Waals surface area contributed by atoms with E-state index >= 15 is 0 Å². The van der Waals surface area contributed by atoms with Gasteiger partial charge in [-0.25, -0.2) is 0 Å². The summed E-state index contributed by atoms with van der Waals surface area (Å²) in [5.74, 6) is 0.0824. The van der Waals surface area contributed by atoms with Gasteiger partial charge in [-0.3, -0.25) is 4.79 Å². The standard InChI is InChI=1S/C18H25N3OS/c22-18(19-7-10-20-8-3-1-2-4-9-20)16-11-14-12-21(15-5-6-15)13-17(14)23-16/h11-13,15H,1-10H2,(H,19,22). The second-order valence-corrected chi connectivity index (χ2v) is 7.96. The smallest absolute Gasteiger partial charge is 0.261 e. The Morgan fingerprint density at radius 1 is 1.17 bits per heavy atom. The molecule has 5 heteroatoms. The number of hydrogen-bond donors (Lipinski definition) is 1. The molecule has 0 aromatic carbocycles. The van der Waals surface area contributed by atoms with E-state index in [0.29, 0.717) is 6.04 Å². The minimum Gasteiger partial charge on any atom is -0.350 e. The Kier molecular flexibility index (Phi) is 4.40. The molecule has 2 aliphatic rings. The van der Waals surface area contributed by atoms with Crippen molar-refractivity contribution in [2.24, 2.45) is 0 Å². The molecule has 1 N–H and O–H groups in total. The van der Waals surface area contributed by atoms with E-state index in [1.807, 2.05) is 6.07 Å². The largest absolute Gasteiger partial charge is 0.350 e. The van der Waals surface area contributed by atoms with Crippen LogP contribution in [0.2, 0.25) is 0 Å². The van der Waals surface area contributed by atoms with Gasteiger partial charge in [0.25, 0.3) is 5.91 Å². The molecule has 1 aliphatic carbocycles. The Bertz CT molecular complexity index is 646. The molecule has 4 rings (SSSR count). The zero-order chi connectivity index (χ0) is 15.6. The highest BCUT2D eigenvalue weighted by Crippen LogP contribution is 2.38. The van der Waals surface area contributed by atoms with Crippen molar-refractivity contribution in [1.29, 1.82) is 0 Å². The number of aromatic nitrogens is 1. The molecule has 2 fully saturated rings. The number of thiophene rings is 1. The third-order valence-electron chi connectivity index (χ3n) is 4.95. The molecule has 0 spiro atoms. The van der Waals surface area contributed by atoms with Crippen LogP contribution in [0.3, 0.4) is 0 Å². The van der Waals surface area contributed by atoms with Crippen molar-refractivity contribution < 1.29 is 4.79 Å². The van der Waals surface area contributed by atoms with Gasteiger partial charge in [-0.05, 0) is 44.8 Å². The van der Waals surface area contributed by atoms with Crippen molar-refractivity contribution in [3.8, 4) is 0 Å². The fourth-order valence-electron chi connectivity index (χ4n) is 3.42. The van der Waals surface area contributed by atoms with E-state index in [9.17, 15) is 4.79 Å². The van der Waals surface area contributed by atoms with Crippen LogP contribution in [0.5, 0.6) is 0 Å². The molecule has 0 atom stereocenters. The summed E-state index contributed by atoms with van der Waals surface area (Å²) in [4.78, 5) is 15.7. The Morgan fingerprint density at radius 2 is 1.96 bits per heavy atom. The van der Waals surface area contributed by atoms with Crippen LogP contribution in [0.15, 0.2) is 18.5 Å². The van der Waals surface area contributed by atoms with E-state index in [2.05, 4.69) is 27.2 Å². The van der Waals surface area contributed by atoms with Crippen molar-refractivity contribution in [3.05, 3.63) is 23.3 Å². The van der Waals surface area contributed by atoms with Crippen molar-refractivity contribution >= 4 is 27.3 Å². The van der Waals surface area contributed by atoms with E-state index < -0.39 is 0 Å². The van der Waals surface area contributed by atoms with Crippen molar-refractivity contribution in [2.75, 3.05) is 26.2 Å². The van der Waals surface area contributed by atoms with Gasteiger partial charge in [0.2, 0.25) is 0 Å². The van der Waals surface area contributed by atoms with Gasteiger partial charge < -0.3 is 14.8 Å². The summed E-state index contributed by atoms with van der Waals surface area (Å²) < 4.78 is 3.54. The Hall–Kier alpha value is -1.33. The van der Waals surface area contributed by atoms with E-state index in [1.54, 1.807) is 11.3 Å². The van der Waals surface area contributed by atoms with Gasteiger partial charge in [0.15, 0.2) is 0 Å². The molecule has 2 aromatic rings. The van der Waals surface area contributed by atoms with E-state index in [1.165, 1.54) is 61.7 Å². The molecule has 0 bridgehead atoms. The number of carbonyl (C=O) groups excluding carboxylic acids is 1. The molecule has 1 aliphatic heterocycles. The molecule has 1 saturated carbocycles. The number of nitrogens with zero attached hydrogens (tertiary/aromatic N) is 2. The average molecular weight is 331 g/mol. The van der Waals surface area contributed by atoms with Gasteiger partial charge in [0.1, 0.15) is 0 Å². The lowest BCUT2D eigenvalue weighted by molar-refractivity contribution is 0.0952. The maximum Gasteiger partial charge on any atom is 0.261 e. The van der Waals surface area contributed by atoms with Crippen LogP contribution in [0, 0.1) is 0 Å². The molecular weight excluding hydrogens is 306 g/mol. The molecule has 1 amide bonds. The summed E-state index contributed by atoms with van der Waals surface area (Å²) in [5.41, 5.74) is 0. The van der Waals surface area contributed by atoms with Crippen LogP contribution in [0.1, 0.15) is 54.2 Å². The first kappa shape index (κ1) is 15.2. The van der Waals surface area contributed by atoms with Crippen molar-refractivity contribution in [2.45, 2.75) is 44.6 Å². The predicted molar refractivity (Wildman–Crippen MR) is 95.3 cm³/mol. The third-order valence-corrected chi connectivity index (χ3v) is 6.03. The van der Waals surface area contributed by atoms with Gasteiger partial charge in [0, 0.05) is 36.9 Å². The fraction of sp³-hybridized carbons (Fsp3) is 0.611. The quantitative estimate of drug-likeness (QED) is 0.908. The van der Waals surface area contributed by atoms with Gasteiger partial charge in [-0.2, -0.15) is 0 Å². The first-order chi connectivity index (χ1) is 11.3. The first-order valence-corrected chi connectivity index (χ1v) is 9.73. The number of nitrogens with one attached hydrogen (secondary N) is 1. The lowest BCUT2D eigenvalue weighted by Crippen LogP contribution is -2.35. The van der Waals surface area contributed by atoms with Gasteiger partial charge in [-0.1, -0.05) is 12.8 Å². The Labute approximate surface area is 141 Å². The number of hydrogen-bond acceptors (Lipinski definition) is 3. The molecule has 4 nitrogen and oxygen atoms in total. The van der Waals surface area contributed by atoms with E-state index in [0.717, 1.165) is 18.0 Å². The second-order valence-electron chi connectivity index (χ2n) is 6.88. The number of amides is 1. The molecule has 23 heavy (non-hydrogen) atoms. The highest BCUT2D eigenvalue weighted by atomic mass is 32.1. The minimum atomic E-state index is 0.0824.